The van der Waals surface area contributed by atoms with Crippen LogP contribution in [0, 0.1) is 0 Å². The quantitative estimate of drug-likeness (QED) is 0.519. The van der Waals surface area contributed by atoms with Crippen molar-refractivity contribution in [2.75, 3.05) is 0 Å². The molecule has 0 aliphatic carbocycles. The van der Waals surface area contributed by atoms with Gasteiger partial charge in [-0.15, -0.1) is 0 Å². The van der Waals surface area contributed by atoms with Crippen molar-refractivity contribution in [3.63, 3.8) is 0 Å². The fraction of sp³-hybridized carbons (Fsp3) is 0.500. The lowest BCUT2D eigenvalue weighted by molar-refractivity contribution is -0.268. The van der Waals surface area contributed by atoms with E-state index in [0.717, 1.165) is 0 Å². The van der Waals surface area contributed by atoms with Crippen LogP contribution in [0.2, 0.25) is 0 Å². The molecule has 1 heterocycles. The van der Waals surface area contributed by atoms with Crippen LogP contribution in [0.1, 0.15) is 0 Å². The van der Waals surface area contributed by atoms with E-state index < -0.39 is 33.1 Å². The first kappa shape index (κ1) is 11.3. The monoisotopic (exact) mass is 242 g/mol. The van der Waals surface area contributed by atoms with Gasteiger partial charge in [-0.25, -0.2) is 8.78 Å². The van der Waals surface area contributed by atoms with Crippen LogP contribution >= 0.6 is 0 Å². The topological polar surface area (TPSA) is 43.4 Å². The molecule has 0 amide bonds. The second-order valence-corrected chi connectivity index (χ2v) is 3.86. The summed E-state index contributed by atoms with van der Waals surface area (Å²) in [5.74, 6) is -3.37. The lowest BCUT2D eigenvalue weighted by Gasteiger charge is -2.37. The predicted octanol–water partition coefficient (Wildman–Crippen LogP) is 1.68. The van der Waals surface area contributed by atoms with E-state index in [1.807, 2.05) is 0 Å². The standard InChI is InChI=1S/C4F6O3S/c5-1(2(6)7)3(8)4(9,10)13-14(3,11)12. The fourth-order valence-electron chi connectivity index (χ4n) is 0.719. The third kappa shape index (κ3) is 1.06. The van der Waals surface area contributed by atoms with Gasteiger partial charge >= 0.3 is 27.3 Å². The Hall–Kier alpha value is -0.770. The highest BCUT2D eigenvalue weighted by Gasteiger charge is 2.82. The molecule has 1 fully saturated rings. The Labute approximate surface area is 73.1 Å². The minimum atomic E-state index is -5.70. The molecule has 0 aromatic rings. The summed E-state index contributed by atoms with van der Waals surface area (Å²) in [5.41, 5.74) is 0. The maximum atomic E-state index is 12.7. The van der Waals surface area contributed by atoms with Crippen molar-refractivity contribution in [2.24, 2.45) is 0 Å². The molecule has 14 heavy (non-hydrogen) atoms. The van der Waals surface area contributed by atoms with Crippen LogP contribution in [0.25, 0.3) is 0 Å². The summed E-state index contributed by atoms with van der Waals surface area (Å²) in [6, 6.07) is 0. The highest BCUT2D eigenvalue weighted by atomic mass is 32.2. The van der Waals surface area contributed by atoms with Gasteiger partial charge in [-0.1, -0.05) is 0 Å². The zero-order valence-electron chi connectivity index (χ0n) is 5.90. The van der Waals surface area contributed by atoms with Crippen LogP contribution in [-0.2, 0) is 14.3 Å². The summed E-state index contributed by atoms with van der Waals surface area (Å²) >= 11 is 0. The number of hydrogen-bond acceptors (Lipinski definition) is 3. The molecule has 1 saturated heterocycles. The first-order valence-corrected chi connectivity index (χ1v) is 4.20. The normalized spacial score (nSPS) is 33.3. The first-order chi connectivity index (χ1) is 6.06. The Morgan fingerprint density at radius 3 is 1.64 bits per heavy atom. The van der Waals surface area contributed by atoms with E-state index in [2.05, 4.69) is 4.18 Å². The molecule has 1 atom stereocenters. The van der Waals surface area contributed by atoms with Gasteiger partial charge in [-0.05, 0) is 0 Å². The SMILES string of the molecule is O=S1(=O)OC(F)(F)C1(F)C(F)=C(F)F. The van der Waals surface area contributed by atoms with E-state index in [1.54, 1.807) is 0 Å². The molecule has 1 aliphatic heterocycles. The maximum Gasteiger partial charge on any atom is 0.427 e. The predicted molar refractivity (Wildman–Crippen MR) is 29.1 cm³/mol. The second kappa shape index (κ2) is 2.63. The summed E-state index contributed by atoms with van der Waals surface area (Å²) in [6.45, 7) is 0. The molecule has 1 unspecified atom stereocenters. The second-order valence-electron chi connectivity index (χ2n) is 2.22. The summed E-state index contributed by atoms with van der Waals surface area (Å²) < 4.78 is 95.1. The number of hydrogen-bond donors (Lipinski definition) is 0. The van der Waals surface area contributed by atoms with Gasteiger partial charge in [0.1, 0.15) is 0 Å². The first-order valence-electron chi connectivity index (χ1n) is 2.79. The Bertz CT molecular complexity index is 395. The van der Waals surface area contributed by atoms with Gasteiger partial charge < -0.3 is 0 Å². The van der Waals surface area contributed by atoms with E-state index >= 15 is 0 Å². The Morgan fingerprint density at radius 1 is 1.07 bits per heavy atom. The van der Waals surface area contributed by atoms with Crippen LogP contribution in [0.15, 0.2) is 11.9 Å². The van der Waals surface area contributed by atoms with Crippen LogP contribution in [0.4, 0.5) is 26.3 Å². The molecule has 0 bridgehead atoms. The van der Waals surface area contributed by atoms with Gasteiger partial charge in [0, 0.05) is 0 Å². The van der Waals surface area contributed by atoms with E-state index in [4.69, 9.17) is 0 Å². The fourth-order valence-corrected chi connectivity index (χ4v) is 1.74. The lowest BCUT2D eigenvalue weighted by Crippen LogP contribution is -2.64. The van der Waals surface area contributed by atoms with Gasteiger partial charge in [0.2, 0.25) is 5.83 Å². The minimum Gasteiger partial charge on any atom is -0.205 e. The van der Waals surface area contributed by atoms with Crippen molar-refractivity contribution in [3.8, 4) is 0 Å². The molecule has 0 saturated carbocycles. The molecule has 1 aliphatic rings. The highest BCUT2D eigenvalue weighted by molar-refractivity contribution is 7.89. The van der Waals surface area contributed by atoms with Gasteiger partial charge in [0.05, 0.1) is 0 Å². The Balaban J connectivity index is 3.36. The summed E-state index contributed by atoms with van der Waals surface area (Å²) in [5, 5.41) is -5.13. The number of alkyl halides is 3. The molecule has 0 N–H and O–H groups in total. The molecule has 10 heteroatoms. The summed E-state index contributed by atoms with van der Waals surface area (Å²) in [4.78, 5) is 0. The molecular formula is C4F6O3S. The van der Waals surface area contributed by atoms with Crippen molar-refractivity contribution in [1.29, 1.82) is 0 Å². The number of halogens is 6. The third-order valence-corrected chi connectivity index (χ3v) is 2.92. The van der Waals surface area contributed by atoms with Gasteiger partial charge in [0.25, 0.3) is 0 Å². The van der Waals surface area contributed by atoms with E-state index in [-0.39, 0.29) is 0 Å². The molecule has 1 rings (SSSR count). The van der Waals surface area contributed by atoms with Crippen LogP contribution in [0.5, 0.6) is 0 Å². The van der Waals surface area contributed by atoms with Crippen molar-refractivity contribution in [1.82, 2.24) is 0 Å². The minimum absolute atomic E-state index is 2.66. The van der Waals surface area contributed by atoms with Crippen LogP contribution in [-0.4, -0.2) is 19.5 Å². The van der Waals surface area contributed by atoms with Crippen molar-refractivity contribution < 1.29 is 38.9 Å². The zero-order chi connectivity index (χ0) is 11.4. The zero-order valence-corrected chi connectivity index (χ0v) is 6.72. The highest BCUT2D eigenvalue weighted by Crippen LogP contribution is 2.55. The largest absolute Gasteiger partial charge is 0.427 e. The third-order valence-electron chi connectivity index (χ3n) is 1.38. The average Bonchev–Trinajstić information content (AvgIpc) is 1.98. The van der Waals surface area contributed by atoms with Gasteiger partial charge in [-0.2, -0.15) is 30.2 Å². The molecule has 0 aromatic heterocycles. The summed E-state index contributed by atoms with van der Waals surface area (Å²) in [7, 11) is -5.70. The van der Waals surface area contributed by atoms with Crippen molar-refractivity contribution >= 4 is 10.1 Å². The summed E-state index contributed by atoms with van der Waals surface area (Å²) in [6.07, 6.45) is -8.64. The van der Waals surface area contributed by atoms with E-state index in [9.17, 15) is 34.8 Å². The molecule has 0 aromatic carbocycles. The molecule has 0 spiro atoms. The molecule has 82 valence electrons. The molecule has 3 nitrogen and oxygen atoms in total. The smallest absolute Gasteiger partial charge is 0.205 e. The molecular weight excluding hydrogens is 242 g/mol. The Morgan fingerprint density at radius 2 is 1.50 bits per heavy atom. The number of rotatable bonds is 1. The van der Waals surface area contributed by atoms with Crippen molar-refractivity contribution in [3.05, 3.63) is 11.9 Å². The van der Waals surface area contributed by atoms with Crippen LogP contribution in [0.3, 0.4) is 0 Å². The molecule has 0 radical (unpaired) electrons. The maximum absolute atomic E-state index is 12.7. The van der Waals surface area contributed by atoms with Gasteiger partial charge in [0.15, 0.2) is 0 Å². The van der Waals surface area contributed by atoms with E-state index in [1.165, 1.54) is 0 Å². The van der Waals surface area contributed by atoms with Gasteiger partial charge in [-0.3, -0.25) is 0 Å². The lowest BCUT2D eigenvalue weighted by atomic mass is 10.3. The average molecular weight is 242 g/mol. The van der Waals surface area contributed by atoms with Crippen molar-refractivity contribution in [2.45, 2.75) is 11.1 Å². The van der Waals surface area contributed by atoms with E-state index in [0.29, 0.717) is 0 Å². The Kier molecular flexibility index (Phi) is 2.12. The van der Waals surface area contributed by atoms with Crippen LogP contribution < -0.4 is 0 Å².